The van der Waals surface area contributed by atoms with Gasteiger partial charge in [-0.05, 0) is 11.6 Å². The first-order valence-corrected chi connectivity index (χ1v) is 7.87. The maximum absolute atomic E-state index is 11.6. The number of carbonyl (C=O) groups excluding carboxylic acids is 1. The number of nitro benzene ring substituents is 1. The van der Waals surface area contributed by atoms with Crippen LogP contribution in [0.25, 0.3) is 17.0 Å². The molecule has 0 aliphatic heterocycles. The van der Waals surface area contributed by atoms with Crippen LogP contribution in [0.1, 0.15) is 11.3 Å². The lowest BCUT2D eigenvalue weighted by Crippen LogP contribution is -2.24. The zero-order valence-corrected chi connectivity index (χ0v) is 13.7. The number of nitrogens with zero attached hydrogens (tertiary/aromatic N) is 2. The summed E-state index contributed by atoms with van der Waals surface area (Å²) in [5.41, 5.74) is 1.78. The lowest BCUT2D eigenvalue weighted by Gasteiger charge is -2.05. The van der Waals surface area contributed by atoms with Crippen molar-refractivity contribution in [3.63, 3.8) is 0 Å². The van der Waals surface area contributed by atoms with E-state index in [1.807, 2.05) is 30.3 Å². The van der Waals surface area contributed by atoms with Gasteiger partial charge in [0.2, 0.25) is 0 Å². The Morgan fingerprint density at radius 2 is 2.04 bits per heavy atom. The number of hydrogen-bond donors (Lipinski definition) is 2. The fraction of sp³-hybridized carbons (Fsp3) is 0.111. The van der Waals surface area contributed by atoms with Crippen molar-refractivity contribution < 1.29 is 14.5 Å². The third-order valence-electron chi connectivity index (χ3n) is 3.65. The summed E-state index contributed by atoms with van der Waals surface area (Å²) in [5, 5.41) is 21.0. The molecule has 0 fully saturated rings. The Labute approximate surface area is 148 Å². The molecule has 8 nitrogen and oxygen atoms in total. The maximum Gasteiger partial charge on any atom is 0.407 e. The zero-order valence-electron chi connectivity index (χ0n) is 13.7. The molecule has 26 heavy (non-hydrogen) atoms. The normalized spacial score (nSPS) is 10.9. The van der Waals surface area contributed by atoms with Crippen molar-refractivity contribution in [2.24, 2.45) is 0 Å². The van der Waals surface area contributed by atoms with Gasteiger partial charge >= 0.3 is 6.09 Å². The summed E-state index contributed by atoms with van der Waals surface area (Å²) in [7, 11) is 0. The second kappa shape index (κ2) is 7.93. The van der Waals surface area contributed by atoms with E-state index in [-0.39, 0.29) is 18.8 Å². The molecule has 3 rings (SSSR count). The van der Waals surface area contributed by atoms with E-state index in [1.54, 1.807) is 24.3 Å². The number of H-pyrrole nitrogens is 1. The third kappa shape index (κ3) is 4.04. The molecule has 2 N–H and O–H groups in total. The van der Waals surface area contributed by atoms with Gasteiger partial charge in [0.05, 0.1) is 10.6 Å². The highest BCUT2D eigenvalue weighted by atomic mass is 16.6. The molecule has 0 radical (unpaired) electrons. The van der Waals surface area contributed by atoms with Gasteiger partial charge < -0.3 is 10.1 Å². The minimum Gasteiger partial charge on any atom is -0.445 e. The molecule has 0 saturated carbocycles. The SMILES string of the molecule is O=C(NCC=Cc1[nH]nc2c([N+](=O)[O-])cccc12)OCc1ccccc1. The molecule has 2 aromatic carbocycles. The smallest absolute Gasteiger partial charge is 0.407 e. The molecule has 8 heteroatoms. The van der Waals surface area contributed by atoms with Gasteiger partial charge in [-0.1, -0.05) is 48.5 Å². The number of fused-ring (bicyclic) bond motifs is 1. The first-order valence-electron chi connectivity index (χ1n) is 7.87. The fourth-order valence-corrected chi connectivity index (χ4v) is 2.41. The summed E-state index contributed by atoms with van der Waals surface area (Å²) in [5.74, 6) is 0. The monoisotopic (exact) mass is 352 g/mol. The van der Waals surface area contributed by atoms with Gasteiger partial charge in [0.25, 0.3) is 5.69 Å². The molecule has 3 aromatic rings. The summed E-state index contributed by atoms with van der Waals surface area (Å²) >= 11 is 0. The van der Waals surface area contributed by atoms with Gasteiger partial charge in [0.1, 0.15) is 6.61 Å². The minimum atomic E-state index is -0.524. The average Bonchev–Trinajstić information content (AvgIpc) is 3.07. The predicted molar refractivity (Wildman–Crippen MR) is 96.4 cm³/mol. The Kier molecular flexibility index (Phi) is 5.23. The lowest BCUT2D eigenvalue weighted by molar-refractivity contribution is -0.383. The van der Waals surface area contributed by atoms with Crippen LogP contribution >= 0.6 is 0 Å². The van der Waals surface area contributed by atoms with Crippen LogP contribution in [0.4, 0.5) is 10.5 Å². The number of nitrogens with one attached hydrogen (secondary N) is 2. The van der Waals surface area contributed by atoms with Gasteiger partial charge in [0, 0.05) is 18.0 Å². The number of non-ortho nitro benzene ring substituents is 1. The van der Waals surface area contributed by atoms with E-state index in [2.05, 4.69) is 15.5 Å². The van der Waals surface area contributed by atoms with Gasteiger partial charge in [-0.2, -0.15) is 5.10 Å². The van der Waals surface area contributed by atoms with Crippen LogP contribution in [0.5, 0.6) is 0 Å². The van der Waals surface area contributed by atoms with Crippen LogP contribution in [-0.4, -0.2) is 27.8 Å². The van der Waals surface area contributed by atoms with Gasteiger partial charge in [-0.15, -0.1) is 0 Å². The standard InChI is InChI=1S/C18H16N4O4/c23-18(26-12-13-6-2-1-3-7-13)19-11-5-9-15-14-8-4-10-16(22(24)25)17(14)21-20-15/h1-10H,11-12H2,(H,19,23)(H,20,21). The van der Waals surface area contributed by atoms with Crippen LogP contribution in [0.15, 0.2) is 54.6 Å². The molecule has 0 spiro atoms. The third-order valence-corrected chi connectivity index (χ3v) is 3.65. The number of para-hydroxylation sites is 1. The number of aromatic nitrogens is 2. The molecule has 1 heterocycles. The van der Waals surface area contributed by atoms with E-state index in [0.29, 0.717) is 16.6 Å². The molecule has 0 bridgehead atoms. The van der Waals surface area contributed by atoms with Crippen molar-refractivity contribution in [3.8, 4) is 0 Å². The number of hydrogen-bond acceptors (Lipinski definition) is 5. The Morgan fingerprint density at radius 3 is 2.81 bits per heavy atom. The highest BCUT2D eigenvalue weighted by Gasteiger charge is 2.15. The number of nitro groups is 1. The minimum absolute atomic E-state index is 0.0546. The molecule has 1 aromatic heterocycles. The Morgan fingerprint density at radius 1 is 1.23 bits per heavy atom. The molecule has 0 atom stereocenters. The largest absolute Gasteiger partial charge is 0.445 e. The molecular weight excluding hydrogens is 336 g/mol. The topological polar surface area (TPSA) is 110 Å². The fourth-order valence-electron chi connectivity index (χ4n) is 2.41. The van der Waals surface area contributed by atoms with Gasteiger partial charge in [0.15, 0.2) is 5.52 Å². The van der Waals surface area contributed by atoms with Gasteiger partial charge in [-0.25, -0.2) is 4.79 Å². The van der Waals surface area contributed by atoms with Crippen molar-refractivity contribution in [1.82, 2.24) is 15.5 Å². The quantitative estimate of drug-likeness (QED) is 0.522. The van der Waals surface area contributed by atoms with Crippen LogP contribution in [0.2, 0.25) is 0 Å². The molecule has 0 aliphatic rings. The predicted octanol–water partition coefficient (Wildman–Crippen LogP) is 3.41. The first-order chi connectivity index (χ1) is 12.6. The number of ether oxygens (including phenoxy) is 1. The Hall–Kier alpha value is -3.68. The van der Waals surface area contributed by atoms with Crippen molar-refractivity contribution >= 4 is 28.8 Å². The van der Waals surface area contributed by atoms with Crippen molar-refractivity contribution in [2.75, 3.05) is 6.54 Å². The lowest BCUT2D eigenvalue weighted by atomic mass is 10.2. The molecule has 0 unspecified atom stereocenters. The van der Waals surface area contributed by atoms with E-state index in [4.69, 9.17) is 4.74 Å². The number of amides is 1. The second-order valence-corrected chi connectivity index (χ2v) is 5.41. The average molecular weight is 352 g/mol. The van der Waals surface area contributed by atoms with Crippen LogP contribution in [0.3, 0.4) is 0 Å². The highest BCUT2D eigenvalue weighted by Crippen LogP contribution is 2.25. The van der Waals surface area contributed by atoms with Crippen molar-refractivity contribution in [1.29, 1.82) is 0 Å². The molecule has 0 aliphatic carbocycles. The molecule has 132 valence electrons. The van der Waals surface area contributed by atoms with Crippen molar-refractivity contribution in [3.05, 3.63) is 76.0 Å². The second-order valence-electron chi connectivity index (χ2n) is 5.41. The maximum atomic E-state index is 11.6. The number of benzene rings is 2. The highest BCUT2D eigenvalue weighted by molar-refractivity contribution is 5.92. The number of alkyl carbamates (subject to hydrolysis) is 1. The summed E-state index contributed by atoms with van der Waals surface area (Å²) in [6.07, 6.45) is 2.88. The van der Waals surface area contributed by atoms with Crippen LogP contribution < -0.4 is 5.32 Å². The summed E-state index contributed by atoms with van der Waals surface area (Å²) in [6.45, 7) is 0.453. The van der Waals surface area contributed by atoms with Crippen LogP contribution in [-0.2, 0) is 11.3 Å². The Balaban J connectivity index is 1.54. The first kappa shape index (κ1) is 17.2. The summed E-state index contributed by atoms with van der Waals surface area (Å²) in [4.78, 5) is 22.2. The van der Waals surface area contributed by atoms with E-state index >= 15 is 0 Å². The van der Waals surface area contributed by atoms with E-state index in [1.165, 1.54) is 6.07 Å². The van der Waals surface area contributed by atoms with E-state index in [9.17, 15) is 14.9 Å². The van der Waals surface area contributed by atoms with E-state index in [0.717, 1.165) is 5.56 Å². The molecular formula is C18H16N4O4. The molecule has 0 saturated heterocycles. The summed E-state index contributed by atoms with van der Waals surface area (Å²) < 4.78 is 5.10. The van der Waals surface area contributed by atoms with Crippen molar-refractivity contribution in [2.45, 2.75) is 6.61 Å². The van der Waals surface area contributed by atoms with Crippen LogP contribution in [0, 0.1) is 10.1 Å². The Bertz CT molecular complexity index is 950. The number of aromatic amines is 1. The molecule has 1 amide bonds. The van der Waals surface area contributed by atoms with E-state index < -0.39 is 11.0 Å². The number of rotatable bonds is 6. The summed E-state index contributed by atoms with van der Waals surface area (Å²) in [6, 6.07) is 14.1. The zero-order chi connectivity index (χ0) is 18.4. The van der Waals surface area contributed by atoms with Gasteiger partial charge in [-0.3, -0.25) is 15.2 Å². The number of carbonyl (C=O) groups is 1.